The van der Waals surface area contributed by atoms with Crippen LogP contribution >= 0.6 is 0 Å². The first-order valence-electron chi connectivity index (χ1n) is 5.92. The lowest BCUT2D eigenvalue weighted by Gasteiger charge is -2.32. The molecule has 0 spiro atoms. The fourth-order valence-electron chi connectivity index (χ4n) is 3.42. The molecule has 2 bridgehead atoms. The smallest absolute Gasteiger partial charge is 0.219 e. The van der Waals surface area contributed by atoms with Gasteiger partial charge in [-0.05, 0) is 36.5 Å². The molecule has 0 radical (unpaired) electrons. The Balaban J connectivity index is 1.96. The number of rotatable bonds is 2. The van der Waals surface area contributed by atoms with Crippen LogP contribution in [0.3, 0.4) is 0 Å². The van der Waals surface area contributed by atoms with Gasteiger partial charge in [-0.25, -0.2) is 0 Å². The van der Waals surface area contributed by atoms with Gasteiger partial charge in [-0.1, -0.05) is 20.8 Å². The highest BCUT2D eigenvalue weighted by molar-refractivity contribution is 5.75. The molecule has 1 amide bonds. The van der Waals surface area contributed by atoms with Crippen LogP contribution in [0.15, 0.2) is 0 Å². The Hall–Kier alpha value is -0.530. The van der Waals surface area contributed by atoms with Crippen molar-refractivity contribution < 1.29 is 4.79 Å². The first-order chi connectivity index (χ1) is 6.63. The Morgan fingerprint density at radius 3 is 2.50 bits per heavy atom. The molecule has 0 saturated heterocycles. The fraction of sp³-hybridized carbons (Fsp3) is 0.917. The number of nitrogens with one attached hydrogen (secondary N) is 1. The van der Waals surface area contributed by atoms with Gasteiger partial charge in [-0.15, -0.1) is 0 Å². The van der Waals surface area contributed by atoms with Gasteiger partial charge in [-0.3, -0.25) is 4.79 Å². The van der Waals surface area contributed by atoms with Gasteiger partial charge in [0.1, 0.15) is 0 Å². The van der Waals surface area contributed by atoms with Crippen molar-refractivity contribution in [2.75, 3.05) is 0 Å². The van der Waals surface area contributed by atoms with Crippen molar-refractivity contribution in [2.45, 2.75) is 46.1 Å². The van der Waals surface area contributed by atoms with Crippen LogP contribution < -0.4 is 5.32 Å². The highest BCUT2D eigenvalue weighted by Gasteiger charge is 2.48. The van der Waals surface area contributed by atoms with E-state index in [1.54, 1.807) is 0 Å². The Morgan fingerprint density at radius 1 is 1.29 bits per heavy atom. The van der Waals surface area contributed by atoms with Crippen LogP contribution in [0.5, 0.6) is 0 Å². The molecule has 2 saturated carbocycles. The van der Waals surface area contributed by atoms with Crippen LogP contribution in [0.25, 0.3) is 0 Å². The predicted molar refractivity (Wildman–Crippen MR) is 56.8 cm³/mol. The van der Waals surface area contributed by atoms with Crippen molar-refractivity contribution in [1.82, 2.24) is 5.32 Å². The van der Waals surface area contributed by atoms with Crippen molar-refractivity contribution in [3.8, 4) is 0 Å². The van der Waals surface area contributed by atoms with E-state index in [1.807, 2.05) is 6.92 Å². The summed E-state index contributed by atoms with van der Waals surface area (Å²) in [4.78, 5) is 11.3. The number of fused-ring (bicyclic) bond motifs is 2. The first kappa shape index (κ1) is 10.0. The van der Waals surface area contributed by atoms with E-state index < -0.39 is 0 Å². The van der Waals surface area contributed by atoms with E-state index >= 15 is 0 Å². The van der Waals surface area contributed by atoms with E-state index in [0.717, 1.165) is 23.7 Å². The second-order valence-electron chi connectivity index (χ2n) is 5.14. The molecule has 2 heteroatoms. The molecule has 2 aliphatic rings. The van der Waals surface area contributed by atoms with Crippen LogP contribution in [0, 0.1) is 23.7 Å². The molecular weight excluding hydrogens is 174 g/mol. The maximum absolute atomic E-state index is 11.3. The summed E-state index contributed by atoms with van der Waals surface area (Å²) in [6.45, 7) is 6.64. The second kappa shape index (κ2) is 3.56. The van der Waals surface area contributed by atoms with Gasteiger partial charge in [0, 0.05) is 12.5 Å². The highest BCUT2D eigenvalue weighted by Crippen LogP contribution is 2.51. The summed E-state index contributed by atoms with van der Waals surface area (Å²) >= 11 is 0. The molecule has 2 fully saturated rings. The standard InChI is InChI=1S/C12H21NO/c1-4-12(14)13-11-6-9-5-10(11)8(3)7(9)2/h7-11H,4-6H2,1-3H3,(H,13,14). The molecule has 5 atom stereocenters. The molecule has 2 aliphatic carbocycles. The Labute approximate surface area is 86.5 Å². The minimum Gasteiger partial charge on any atom is -0.353 e. The minimum atomic E-state index is 0.224. The zero-order chi connectivity index (χ0) is 10.3. The molecule has 5 unspecified atom stereocenters. The molecule has 0 aliphatic heterocycles. The fourth-order valence-corrected chi connectivity index (χ4v) is 3.42. The average molecular weight is 195 g/mol. The van der Waals surface area contributed by atoms with Gasteiger partial charge in [0.25, 0.3) is 0 Å². The summed E-state index contributed by atoms with van der Waals surface area (Å²) in [5.74, 6) is 3.52. The van der Waals surface area contributed by atoms with E-state index in [1.165, 1.54) is 12.8 Å². The molecular formula is C12H21NO. The summed E-state index contributed by atoms with van der Waals surface area (Å²) in [7, 11) is 0. The van der Waals surface area contributed by atoms with E-state index in [-0.39, 0.29) is 5.91 Å². The van der Waals surface area contributed by atoms with E-state index in [4.69, 9.17) is 0 Å². The van der Waals surface area contributed by atoms with Crippen molar-refractivity contribution in [1.29, 1.82) is 0 Å². The van der Waals surface area contributed by atoms with Crippen LogP contribution in [-0.2, 0) is 4.79 Å². The molecule has 1 N–H and O–H groups in total. The van der Waals surface area contributed by atoms with Crippen LogP contribution in [0.1, 0.15) is 40.0 Å². The number of amides is 1. The zero-order valence-electron chi connectivity index (χ0n) is 9.42. The van der Waals surface area contributed by atoms with Crippen LogP contribution in [0.2, 0.25) is 0 Å². The van der Waals surface area contributed by atoms with Gasteiger partial charge in [0.15, 0.2) is 0 Å². The van der Waals surface area contributed by atoms with Gasteiger partial charge in [0.2, 0.25) is 5.91 Å². The third-order valence-corrected chi connectivity index (χ3v) is 4.56. The summed E-state index contributed by atoms with van der Waals surface area (Å²) < 4.78 is 0. The molecule has 0 aromatic heterocycles. The number of carbonyl (C=O) groups excluding carboxylic acids is 1. The molecule has 2 nitrogen and oxygen atoms in total. The second-order valence-corrected chi connectivity index (χ2v) is 5.14. The van der Waals surface area contributed by atoms with E-state index in [9.17, 15) is 4.79 Å². The molecule has 2 rings (SSSR count). The Morgan fingerprint density at radius 2 is 2.00 bits per heavy atom. The largest absolute Gasteiger partial charge is 0.353 e. The maximum Gasteiger partial charge on any atom is 0.219 e. The topological polar surface area (TPSA) is 29.1 Å². The van der Waals surface area contributed by atoms with Gasteiger partial charge < -0.3 is 5.32 Å². The number of hydrogen-bond donors (Lipinski definition) is 1. The van der Waals surface area contributed by atoms with Gasteiger partial charge >= 0.3 is 0 Å². The highest BCUT2D eigenvalue weighted by atomic mass is 16.1. The lowest BCUT2D eigenvalue weighted by molar-refractivity contribution is -0.122. The SMILES string of the molecule is CCC(=O)NC1CC2CC1C(C)C2C. The normalized spacial score (nSPS) is 45.5. The van der Waals surface area contributed by atoms with Crippen LogP contribution in [-0.4, -0.2) is 11.9 Å². The van der Waals surface area contributed by atoms with Crippen LogP contribution in [0.4, 0.5) is 0 Å². The van der Waals surface area contributed by atoms with Gasteiger partial charge in [0.05, 0.1) is 0 Å². The summed E-state index contributed by atoms with van der Waals surface area (Å²) in [5, 5.41) is 3.17. The quantitative estimate of drug-likeness (QED) is 0.719. The third-order valence-electron chi connectivity index (χ3n) is 4.56. The van der Waals surface area contributed by atoms with E-state index in [0.29, 0.717) is 12.5 Å². The summed E-state index contributed by atoms with van der Waals surface area (Å²) in [6.07, 6.45) is 3.19. The Bertz CT molecular complexity index is 236. The zero-order valence-corrected chi connectivity index (χ0v) is 9.42. The van der Waals surface area contributed by atoms with Gasteiger partial charge in [-0.2, -0.15) is 0 Å². The van der Waals surface area contributed by atoms with Crippen molar-refractivity contribution in [3.63, 3.8) is 0 Å². The lowest BCUT2D eigenvalue weighted by Crippen LogP contribution is -2.42. The molecule has 80 valence electrons. The molecule has 0 aromatic rings. The summed E-state index contributed by atoms with van der Waals surface area (Å²) in [6, 6.07) is 0.485. The molecule has 0 aromatic carbocycles. The molecule has 0 heterocycles. The Kier molecular flexibility index (Phi) is 2.54. The average Bonchev–Trinajstić information content (AvgIpc) is 2.68. The predicted octanol–water partition coefficient (Wildman–Crippen LogP) is 2.19. The lowest BCUT2D eigenvalue weighted by atomic mass is 9.79. The third kappa shape index (κ3) is 1.45. The number of hydrogen-bond acceptors (Lipinski definition) is 1. The monoisotopic (exact) mass is 195 g/mol. The number of carbonyl (C=O) groups is 1. The van der Waals surface area contributed by atoms with Crippen molar-refractivity contribution >= 4 is 5.91 Å². The summed E-state index contributed by atoms with van der Waals surface area (Å²) in [5.41, 5.74) is 0. The molecule has 14 heavy (non-hydrogen) atoms. The van der Waals surface area contributed by atoms with E-state index in [2.05, 4.69) is 19.2 Å². The minimum absolute atomic E-state index is 0.224. The maximum atomic E-state index is 11.3. The first-order valence-corrected chi connectivity index (χ1v) is 5.92. The van der Waals surface area contributed by atoms with Crippen molar-refractivity contribution in [2.24, 2.45) is 23.7 Å². The van der Waals surface area contributed by atoms with Crippen molar-refractivity contribution in [3.05, 3.63) is 0 Å².